The molecule has 90 valence electrons. The lowest BCUT2D eigenvalue weighted by molar-refractivity contribution is -0.121. The summed E-state index contributed by atoms with van der Waals surface area (Å²) in [5.41, 5.74) is 5.30. The highest BCUT2D eigenvalue weighted by atomic mass is 16.5. The quantitative estimate of drug-likeness (QED) is 0.563. The van der Waals surface area contributed by atoms with Gasteiger partial charge in [-0.05, 0) is 25.3 Å². The van der Waals surface area contributed by atoms with Gasteiger partial charge in [0.1, 0.15) is 0 Å². The van der Waals surface area contributed by atoms with Crippen LogP contribution in [-0.2, 0) is 9.53 Å². The topological polar surface area (TPSA) is 64.3 Å². The van der Waals surface area contributed by atoms with Crippen molar-refractivity contribution in [3.63, 3.8) is 0 Å². The molecule has 0 unspecified atom stereocenters. The molecule has 0 heterocycles. The molecule has 0 bridgehead atoms. The van der Waals surface area contributed by atoms with E-state index in [0.29, 0.717) is 25.4 Å². The molecule has 0 atom stereocenters. The number of carbonyl (C=O) groups is 1. The molecule has 0 saturated heterocycles. The van der Waals surface area contributed by atoms with Crippen molar-refractivity contribution in [1.82, 2.24) is 5.32 Å². The van der Waals surface area contributed by atoms with Crippen LogP contribution in [0, 0.1) is 5.92 Å². The van der Waals surface area contributed by atoms with Crippen molar-refractivity contribution in [2.45, 2.75) is 33.1 Å². The van der Waals surface area contributed by atoms with Gasteiger partial charge in [-0.15, -0.1) is 0 Å². The van der Waals surface area contributed by atoms with E-state index in [4.69, 9.17) is 10.5 Å². The van der Waals surface area contributed by atoms with E-state index < -0.39 is 0 Å². The lowest BCUT2D eigenvalue weighted by Crippen LogP contribution is -2.25. The number of hydrogen-bond donors (Lipinski definition) is 2. The number of rotatable bonds is 9. The van der Waals surface area contributed by atoms with Crippen molar-refractivity contribution in [3.05, 3.63) is 0 Å². The van der Waals surface area contributed by atoms with E-state index in [1.165, 1.54) is 0 Å². The Hall–Kier alpha value is -0.610. The summed E-state index contributed by atoms with van der Waals surface area (Å²) in [7, 11) is 0. The van der Waals surface area contributed by atoms with Crippen molar-refractivity contribution in [2.75, 3.05) is 26.3 Å². The van der Waals surface area contributed by atoms with Gasteiger partial charge in [0.05, 0.1) is 0 Å². The second kappa shape index (κ2) is 9.93. The van der Waals surface area contributed by atoms with Crippen LogP contribution in [0.1, 0.15) is 33.1 Å². The standard InChI is InChI=1S/C11H24N2O2/c1-10(2)9-15-8-4-7-13-11(14)5-3-6-12/h10H,3-9,12H2,1-2H3,(H,13,14). The van der Waals surface area contributed by atoms with Crippen LogP contribution in [-0.4, -0.2) is 32.2 Å². The van der Waals surface area contributed by atoms with Gasteiger partial charge in [0.2, 0.25) is 5.91 Å². The summed E-state index contributed by atoms with van der Waals surface area (Å²) in [6.07, 6.45) is 2.17. The molecular weight excluding hydrogens is 192 g/mol. The highest BCUT2D eigenvalue weighted by Crippen LogP contribution is 1.93. The van der Waals surface area contributed by atoms with Crippen molar-refractivity contribution in [1.29, 1.82) is 0 Å². The van der Waals surface area contributed by atoms with E-state index in [-0.39, 0.29) is 5.91 Å². The average molecular weight is 216 g/mol. The molecule has 4 heteroatoms. The van der Waals surface area contributed by atoms with E-state index in [1.807, 2.05) is 0 Å². The highest BCUT2D eigenvalue weighted by Gasteiger charge is 1.99. The van der Waals surface area contributed by atoms with Crippen molar-refractivity contribution in [2.24, 2.45) is 11.7 Å². The van der Waals surface area contributed by atoms with Crippen LogP contribution in [0.15, 0.2) is 0 Å². The van der Waals surface area contributed by atoms with E-state index >= 15 is 0 Å². The molecule has 0 aliphatic rings. The van der Waals surface area contributed by atoms with Gasteiger partial charge < -0.3 is 15.8 Å². The second-order valence-corrected chi connectivity index (χ2v) is 4.06. The number of nitrogens with two attached hydrogens (primary N) is 1. The first kappa shape index (κ1) is 14.4. The van der Waals surface area contributed by atoms with Crippen LogP contribution in [0.5, 0.6) is 0 Å². The minimum Gasteiger partial charge on any atom is -0.381 e. The number of hydrogen-bond acceptors (Lipinski definition) is 3. The Kier molecular flexibility index (Phi) is 9.52. The molecule has 0 aromatic carbocycles. The summed E-state index contributed by atoms with van der Waals surface area (Å²) in [5, 5.41) is 2.83. The molecule has 0 aromatic rings. The molecular formula is C11H24N2O2. The van der Waals surface area contributed by atoms with E-state index in [2.05, 4.69) is 19.2 Å². The molecule has 0 spiro atoms. The molecule has 3 N–H and O–H groups in total. The monoisotopic (exact) mass is 216 g/mol. The van der Waals surface area contributed by atoms with Crippen LogP contribution in [0.4, 0.5) is 0 Å². The third-order valence-electron chi connectivity index (χ3n) is 1.85. The summed E-state index contributed by atoms with van der Waals surface area (Å²) >= 11 is 0. The van der Waals surface area contributed by atoms with Gasteiger partial charge in [-0.3, -0.25) is 4.79 Å². The van der Waals surface area contributed by atoms with Crippen molar-refractivity contribution < 1.29 is 9.53 Å². The lowest BCUT2D eigenvalue weighted by Gasteiger charge is -2.07. The Bertz CT molecular complexity index is 161. The summed E-state index contributed by atoms with van der Waals surface area (Å²) in [5.74, 6) is 0.661. The average Bonchev–Trinajstić information content (AvgIpc) is 2.19. The summed E-state index contributed by atoms with van der Waals surface area (Å²) in [6.45, 7) is 7.02. The highest BCUT2D eigenvalue weighted by molar-refractivity contribution is 5.75. The lowest BCUT2D eigenvalue weighted by atomic mass is 10.2. The van der Waals surface area contributed by atoms with Gasteiger partial charge in [0.25, 0.3) is 0 Å². The van der Waals surface area contributed by atoms with Gasteiger partial charge in [0, 0.05) is 26.2 Å². The first-order valence-electron chi connectivity index (χ1n) is 5.71. The molecule has 0 aromatic heterocycles. The second-order valence-electron chi connectivity index (χ2n) is 4.06. The molecule has 1 amide bonds. The Morgan fingerprint density at radius 2 is 2.13 bits per heavy atom. The first-order valence-corrected chi connectivity index (χ1v) is 5.71. The van der Waals surface area contributed by atoms with Crippen LogP contribution >= 0.6 is 0 Å². The third-order valence-corrected chi connectivity index (χ3v) is 1.85. The summed E-state index contributed by atoms with van der Waals surface area (Å²) in [4.78, 5) is 11.1. The third kappa shape index (κ3) is 11.3. The van der Waals surface area contributed by atoms with Crippen LogP contribution in [0.25, 0.3) is 0 Å². The number of carbonyl (C=O) groups excluding carboxylic acids is 1. The van der Waals surface area contributed by atoms with E-state index in [9.17, 15) is 4.79 Å². The maximum atomic E-state index is 11.1. The van der Waals surface area contributed by atoms with Gasteiger partial charge >= 0.3 is 0 Å². The first-order chi connectivity index (χ1) is 7.16. The predicted octanol–water partition coefficient (Wildman–Crippen LogP) is 0.904. The van der Waals surface area contributed by atoms with Crippen molar-refractivity contribution >= 4 is 5.91 Å². The molecule has 15 heavy (non-hydrogen) atoms. The molecule has 4 nitrogen and oxygen atoms in total. The molecule has 0 rings (SSSR count). The van der Waals surface area contributed by atoms with Gasteiger partial charge in [-0.25, -0.2) is 0 Å². The smallest absolute Gasteiger partial charge is 0.220 e. The zero-order valence-electron chi connectivity index (χ0n) is 9.92. The normalized spacial score (nSPS) is 10.7. The zero-order valence-corrected chi connectivity index (χ0v) is 9.92. The Balaban J connectivity index is 3.13. The van der Waals surface area contributed by atoms with Crippen LogP contribution in [0.2, 0.25) is 0 Å². The fraction of sp³-hybridized carbons (Fsp3) is 0.909. The fourth-order valence-corrected chi connectivity index (χ4v) is 1.07. The Morgan fingerprint density at radius 1 is 1.40 bits per heavy atom. The van der Waals surface area contributed by atoms with E-state index in [1.54, 1.807) is 0 Å². The maximum Gasteiger partial charge on any atom is 0.220 e. The Morgan fingerprint density at radius 3 is 2.73 bits per heavy atom. The minimum atomic E-state index is 0.0873. The molecule has 0 aliphatic heterocycles. The minimum absolute atomic E-state index is 0.0873. The van der Waals surface area contributed by atoms with Crippen LogP contribution in [0.3, 0.4) is 0 Å². The summed E-state index contributed by atoms with van der Waals surface area (Å²) < 4.78 is 5.39. The molecule has 0 aliphatic carbocycles. The van der Waals surface area contributed by atoms with Crippen LogP contribution < -0.4 is 11.1 Å². The van der Waals surface area contributed by atoms with Gasteiger partial charge in [0.15, 0.2) is 0 Å². The largest absolute Gasteiger partial charge is 0.381 e. The number of amides is 1. The zero-order chi connectivity index (χ0) is 11.5. The predicted molar refractivity (Wildman–Crippen MR) is 61.6 cm³/mol. The fourth-order valence-electron chi connectivity index (χ4n) is 1.07. The maximum absolute atomic E-state index is 11.1. The summed E-state index contributed by atoms with van der Waals surface area (Å²) in [6, 6.07) is 0. The SMILES string of the molecule is CC(C)COCCCNC(=O)CCCN. The number of nitrogens with one attached hydrogen (secondary N) is 1. The number of ether oxygens (including phenoxy) is 1. The van der Waals surface area contributed by atoms with E-state index in [0.717, 1.165) is 26.1 Å². The molecule has 0 radical (unpaired) electrons. The van der Waals surface area contributed by atoms with Crippen molar-refractivity contribution in [3.8, 4) is 0 Å². The van der Waals surface area contributed by atoms with Gasteiger partial charge in [-0.2, -0.15) is 0 Å². The molecule has 0 fully saturated rings. The Labute approximate surface area is 92.6 Å². The van der Waals surface area contributed by atoms with Gasteiger partial charge in [-0.1, -0.05) is 13.8 Å². The molecule has 0 saturated carbocycles.